The minimum Gasteiger partial charge on any atom is -0.494 e. The van der Waals surface area contributed by atoms with E-state index in [0.29, 0.717) is 30.0 Å². The molecule has 4 aromatic rings. The van der Waals surface area contributed by atoms with Gasteiger partial charge in [0.15, 0.2) is 9.84 Å². The zero-order valence-corrected chi connectivity index (χ0v) is 24.6. The number of nitrogens with one attached hydrogen (secondary N) is 1. The van der Waals surface area contributed by atoms with Crippen LogP contribution in [0.25, 0.3) is 33.6 Å². The molecule has 210 valence electrons. The molecular weight excluding hydrogens is 565 g/mol. The third-order valence-electron chi connectivity index (χ3n) is 7.12. The normalized spacial score (nSPS) is 17.8. The maximum absolute atomic E-state index is 11.6. The molecule has 1 N–H and O–H groups in total. The first-order valence-corrected chi connectivity index (χ1v) is 17.4. The minimum atomic E-state index is -2.85. The van der Waals surface area contributed by atoms with Crippen LogP contribution in [0.3, 0.4) is 0 Å². The molecule has 2 saturated heterocycles. The maximum atomic E-state index is 11.6. The monoisotopic (exact) mass is 596 g/mol. The topological polar surface area (TPSA) is 97.6 Å². The van der Waals surface area contributed by atoms with Gasteiger partial charge in [0.05, 0.1) is 28.1 Å². The van der Waals surface area contributed by atoms with Crippen molar-refractivity contribution in [2.24, 2.45) is 0 Å². The summed E-state index contributed by atoms with van der Waals surface area (Å²) in [5.41, 5.74) is 3.52. The number of furan rings is 1. The molecule has 11 heteroatoms. The zero-order chi connectivity index (χ0) is 27.4. The molecule has 2 aliphatic heterocycles. The number of nitrogens with zero attached hydrogens (tertiary/aromatic N) is 3. The number of hydrogen-bond acceptors (Lipinski definition) is 10. The summed E-state index contributed by atoms with van der Waals surface area (Å²) in [7, 11) is -2.85. The van der Waals surface area contributed by atoms with E-state index >= 15 is 0 Å². The van der Waals surface area contributed by atoms with Crippen LogP contribution in [0.4, 0.5) is 5.82 Å². The minimum absolute atomic E-state index is 0.254. The molecule has 0 unspecified atom stereocenters. The standard InChI is InChI=1S/C29H32N4O4S3/c34-40(35)17-12-33(13-18-40)11-4-14-36-23-9-7-22(8-10-23)27-25(21-5-2-1-3-6-21)26-28(31-20-32-29(26)37-27)30-19-24-38-15-16-39-24/h1-3,5-10,20,24H,4,11-19H2,(H,30,31,32). The van der Waals surface area contributed by atoms with Gasteiger partial charge in [0, 0.05) is 48.8 Å². The van der Waals surface area contributed by atoms with Crippen LogP contribution in [0.15, 0.2) is 65.3 Å². The summed E-state index contributed by atoms with van der Waals surface area (Å²) in [6.45, 7) is 3.46. The van der Waals surface area contributed by atoms with Gasteiger partial charge in [0.25, 0.3) is 0 Å². The molecule has 0 bridgehead atoms. The second-order valence-corrected chi connectivity index (χ2v) is 15.1. The van der Waals surface area contributed by atoms with Crippen LogP contribution >= 0.6 is 23.5 Å². The number of sulfone groups is 1. The first kappa shape index (κ1) is 27.4. The molecule has 2 aromatic carbocycles. The van der Waals surface area contributed by atoms with Crippen LogP contribution in [0.5, 0.6) is 5.75 Å². The number of fused-ring (bicyclic) bond motifs is 1. The third kappa shape index (κ3) is 6.43. The Morgan fingerprint density at radius 3 is 2.48 bits per heavy atom. The molecule has 0 saturated carbocycles. The van der Waals surface area contributed by atoms with Gasteiger partial charge in [-0.25, -0.2) is 18.4 Å². The fourth-order valence-corrected chi connectivity index (χ4v) is 8.95. The molecule has 2 aliphatic rings. The summed E-state index contributed by atoms with van der Waals surface area (Å²) in [6.07, 6.45) is 2.40. The van der Waals surface area contributed by atoms with Gasteiger partial charge < -0.3 is 19.4 Å². The summed E-state index contributed by atoms with van der Waals surface area (Å²) < 4.78 is 36.1. The molecular formula is C29H32N4O4S3. The smallest absolute Gasteiger partial charge is 0.232 e. The van der Waals surface area contributed by atoms with Crippen molar-refractivity contribution in [3.8, 4) is 28.2 Å². The van der Waals surface area contributed by atoms with Crippen molar-refractivity contribution in [3.05, 3.63) is 60.9 Å². The molecule has 8 nitrogen and oxygen atoms in total. The van der Waals surface area contributed by atoms with E-state index in [-0.39, 0.29) is 11.5 Å². The average molecular weight is 597 g/mol. The highest BCUT2D eigenvalue weighted by atomic mass is 32.2. The van der Waals surface area contributed by atoms with E-state index in [1.54, 1.807) is 6.33 Å². The van der Waals surface area contributed by atoms with Gasteiger partial charge in [-0.1, -0.05) is 30.3 Å². The van der Waals surface area contributed by atoms with Crippen LogP contribution in [0.1, 0.15) is 6.42 Å². The lowest BCUT2D eigenvalue weighted by Gasteiger charge is -2.26. The Bertz CT molecular complexity index is 1530. The maximum Gasteiger partial charge on any atom is 0.232 e. The summed E-state index contributed by atoms with van der Waals surface area (Å²) in [4.78, 5) is 11.3. The number of rotatable bonds is 10. The quantitative estimate of drug-likeness (QED) is 0.244. The van der Waals surface area contributed by atoms with E-state index in [9.17, 15) is 8.42 Å². The number of ether oxygens (including phenoxy) is 1. The van der Waals surface area contributed by atoms with Gasteiger partial charge in [-0.15, -0.1) is 23.5 Å². The average Bonchev–Trinajstić information content (AvgIpc) is 3.64. The number of thioether (sulfide) groups is 2. The van der Waals surface area contributed by atoms with Crippen LogP contribution in [0.2, 0.25) is 0 Å². The van der Waals surface area contributed by atoms with Crippen LogP contribution < -0.4 is 10.1 Å². The molecule has 2 fully saturated rings. The van der Waals surface area contributed by atoms with Crippen molar-refractivity contribution in [2.75, 3.05) is 61.1 Å². The molecule has 6 rings (SSSR count). The molecule has 0 radical (unpaired) electrons. The Balaban J connectivity index is 1.19. The summed E-state index contributed by atoms with van der Waals surface area (Å²) in [5.74, 6) is 5.21. The Kier molecular flexibility index (Phi) is 8.52. The number of hydrogen-bond donors (Lipinski definition) is 1. The fraction of sp³-hybridized carbons (Fsp3) is 0.379. The molecule has 2 aromatic heterocycles. The van der Waals surface area contributed by atoms with E-state index in [0.717, 1.165) is 58.9 Å². The summed E-state index contributed by atoms with van der Waals surface area (Å²) in [5, 5.41) is 4.46. The fourth-order valence-electron chi connectivity index (χ4n) is 5.01. The second-order valence-electron chi connectivity index (χ2n) is 9.85. The molecule has 0 spiro atoms. The lowest BCUT2D eigenvalue weighted by Crippen LogP contribution is -2.40. The molecule has 0 amide bonds. The zero-order valence-electron chi connectivity index (χ0n) is 22.1. The second kappa shape index (κ2) is 12.4. The van der Waals surface area contributed by atoms with Crippen molar-refractivity contribution in [2.45, 2.75) is 11.0 Å². The van der Waals surface area contributed by atoms with Gasteiger partial charge in [0.2, 0.25) is 5.71 Å². The highest BCUT2D eigenvalue weighted by molar-refractivity contribution is 8.20. The molecule has 0 aliphatic carbocycles. The Labute approximate surface area is 243 Å². The Hall–Kier alpha value is -2.73. The van der Waals surface area contributed by atoms with Gasteiger partial charge in [0.1, 0.15) is 23.7 Å². The number of benzene rings is 2. The van der Waals surface area contributed by atoms with E-state index in [1.807, 2.05) is 66.0 Å². The highest BCUT2D eigenvalue weighted by Gasteiger charge is 2.24. The van der Waals surface area contributed by atoms with E-state index in [4.69, 9.17) is 9.15 Å². The van der Waals surface area contributed by atoms with Crippen molar-refractivity contribution in [1.82, 2.24) is 14.9 Å². The number of aromatic nitrogens is 2. The summed E-state index contributed by atoms with van der Waals surface area (Å²) in [6, 6.07) is 18.2. The van der Waals surface area contributed by atoms with E-state index in [2.05, 4.69) is 32.3 Å². The van der Waals surface area contributed by atoms with Gasteiger partial charge in [-0.3, -0.25) is 0 Å². The predicted octanol–water partition coefficient (Wildman–Crippen LogP) is 5.27. The lowest BCUT2D eigenvalue weighted by molar-refractivity contribution is 0.246. The van der Waals surface area contributed by atoms with Gasteiger partial charge >= 0.3 is 0 Å². The van der Waals surface area contributed by atoms with Crippen molar-refractivity contribution >= 4 is 50.3 Å². The van der Waals surface area contributed by atoms with Crippen molar-refractivity contribution < 1.29 is 17.6 Å². The van der Waals surface area contributed by atoms with Crippen LogP contribution in [-0.2, 0) is 9.84 Å². The predicted molar refractivity (Wildman–Crippen MR) is 165 cm³/mol. The SMILES string of the molecule is O=S1(=O)CCN(CCCOc2ccc(-c3oc4ncnc(NCC5SCCS5)c4c3-c3ccccc3)cc2)CC1. The van der Waals surface area contributed by atoms with Crippen molar-refractivity contribution in [1.29, 1.82) is 0 Å². The van der Waals surface area contributed by atoms with E-state index < -0.39 is 9.84 Å². The van der Waals surface area contributed by atoms with E-state index in [1.165, 1.54) is 11.5 Å². The largest absolute Gasteiger partial charge is 0.494 e. The summed E-state index contributed by atoms with van der Waals surface area (Å²) >= 11 is 3.96. The molecule has 40 heavy (non-hydrogen) atoms. The highest BCUT2D eigenvalue weighted by Crippen LogP contribution is 2.43. The lowest BCUT2D eigenvalue weighted by atomic mass is 9.99. The van der Waals surface area contributed by atoms with Crippen LogP contribution in [-0.4, -0.2) is 83.7 Å². The van der Waals surface area contributed by atoms with Gasteiger partial charge in [-0.2, -0.15) is 0 Å². The first-order valence-electron chi connectivity index (χ1n) is 13.5. The van der Waals surface area contributed by atoms with Crippen molar-refractivity contribution in [3.63, 3.8) is 0 Å². The number of anilines is 1. The third-order valence-corrected chi connectivity index (χ3v) is 11.8. The first-order chi connectivity index (χ1) is 19.6. The van der Waals surface area contributed by atoms with Gasteiger partial charge in [-0.05, 0) is 36.2 Å². The molecule has 0 atom stereocenters. The molecule has 4 heterocycles. The Morgan fingerprint density at radius 1 is 0.975 bits per heavy atom. The van der Waals surface area contributed by atoms with Crippen LogP contribution in [0, 0.1) is 0 Å². The Morgan fingerprint density at radius 2 is 1.73 bits per heavy atom.